The number of rotatable bonds is 3. The van der Waals surface area contributed by atoms with Gasteiger partial charge in [-0.3, -0.25) is 14.5 Å². The summed E-state index contributed by atoms with van der Waals surface area (Å²) in [5, 5.41) is 4.73. The molecule has 0 bridgehead atoms. The average molecular weight is 428 g/mol. The van der Waals surface area contributed by atoms with Gasteiger partial charge in [0.15, 0.2) is 0 Å². The second-order valence-corrected chi connectivity index (χ2v) is 8.75. The summed E-state index contributed by atoms with van der Waals surface area (Å²) in [6, 6.07) is 20.7. The molecule has 2 heterocycles. The third-order valence-corrected chi connectivity index (χ3v) is 6.69. The third-order valence-electron chi connectivity index (χ3n) is 6.69. The number of imide groups is 1. The first-order chi connectivity index (χ1) is 15.4. The molecule has 0 saturated carbocycles. The van der Waals surface area contributed by atoms with Gasteiger partial charge in [0.25, 0.3) is 5.91 Å². The van der Waals surface area contributed by atoms with E-state index in [2.05, 4.69) is 5.32 Å². The molecular formula is C26H25N3O3. The minimum Gasteiger partial charge on any atom is -0.319 e. The first kappa shape index (κ1) is 20.2. The standard InChI is InChI=1S/C26H25N3O3/c1-17-14-15-19-9-4-6-13-22(19)29(17)23(30)16-28-24(31)26(2,27-25(28)32)21-12-7-10-18-8-3-5-11-20(18)21/h3-13,17H,14-16H2,1-2H3,(H,27,32). The van der Waals surface area contributed by atoms with Gasteiger partial charge >= 0.3 is 6.03 Å². The van der Waals surface area contributed by atoms with Gasteiger partial charge in [-0.2, -0.15) is 0 Å². The molecule has 3 aromatic rings. The van der Waals surface area contributed by atoms with E-state index < -0.39 is 17.5 Å². The quantitative estimate of drug-likeness (QED) is 0.643. The summed E-state index contributed by atoms with van der Waals surface area (Å²) in [5.41, 5.74) is 1.46. The molecule has 1 saturated heterocycles. The van der Waals surface area contributed by atoms with Crippen molar-refractivity contribution in [2.75, 3.05) is 11.4 Å². The predicted molar refractivity (Wildman–Crippen MR) is 123 cm³/mol. The zero-order chi connectivity index (χ0) is 22.5. The van der Waals surface area contributed by atoms with E-state index in [0.717, 1.165) is 45.3 Å². The van der Waals surface area contributed by atoms with Crippen LogP contribution in [0.1, 0.15) is 31.4 Å². The number of amides is 4. The number of hydrogen-bond acceptors (Lipinski definition) is 3. The third kappa shape index (κ3) is 3.06. The lowest BCUT2D eigenvalue weighted by Crippen LogP contribution is -2.49. The van der Waals surface area contributed by atoms with Crippen LogP contribution in [0.4, 0.5) is 10.5 Å². The number of aryl methyl sites for hydroxylation is 1. The number of anilines is 1. The summed E-state index contributed by atoms with van der Waals surface area (Å²) in [5.74, 6) is -0.666. The zero-order valence-electron chi connectivity index (χ0n) is 18.2. The zero-order valence-corrected chi connectivity index (χ0v) is 18.2. The van der Waals surface area contributed by atoms with Crippen molar-refractivity contribution in [1.82, 2.24) is 10.2 Å². The molecule has 1 N–H and O–H groups in total. The molecule has 4 amide bonds. The summed E-state index contributed by atoms with van der Waals surface area (Å²) >= 11 is 0. The fraction of sp³-hybridized carbons (Fsp3) is 0.269. The van der Waals surface area contributed by atoms with Crippen LogP contribution in [0.2, 0.25) is 0 Å². The van der Waals surface area contributed by atoms with Crippen LogP contribution >= 0.6 is 0 Å². The summed E-state index contributed by atoms with van der Waals surface area (Å²) < 4.78 is 0. The molecule has 0 radical (unpaired) electrons. The molecule has 1 fully saturated rings. The van der Waals surface area contributed by atoms with Gasteiger partial charge in [0.1, 0.15) is 12.1 Å². The van der Waals surface area contributed by atoms with Crippen LogP contribution < -0.4 is 10.2 Å². The lowest BCUT2D eigenvalue weighted by molar-refractivity contribution is -0.134. The Kier molecular flexibility index (Phi) is 4.73. The van der Waals surface area contributed by atoms with E-state index in [9.17, 15) is 14.4 Å². The maximum absolute atomic E-state index is 13.5. The van der Waals surface area contributed by atoms with Gasteiger partial charge in [-0.1, -0.05) is 60.7 Å². The maximum Gasteiger partial charge on any atom is 0.325 e. The number of urea groups is 1. The van der Waals surface area contributed by atoms with Gasteiger partial charge in [0, 0.05) is 11.7 Å². The number of fused-ring (bicyclic) bond motifs is 2. The normalized spacial score (nSPS) is 22.8. The van der Waals surface area contributed by atoms with E-state index in [-0.39, 0.29) is 18.5 Å². The highest BCUT2D eigenvalue weighted by molar-refractivity contribution is 6.12. The first-order valence-electron chi connectivity index (χ1n) is 10.9. The van der Waals surface area contributed by atoms with Crippen LogP contribution in [0.25, 0.3) is 10.8 Å². The van der Waals surface area contributed by atoms with Crippen molar-refractivity contribution in [3.63, 3.8) is 0 Å². The fourth-order valence-electron chi connectivity index (χ4n) is 4.96. The van der Waals surface area contributed by atoms with Gasteiger partial charge < -0.3 is 10.2 Å². The SMILES string of the molecule is CC1CCc2ccccc2N1C(=O)CN1C(=O)NC(C)(c2cccc3ccccc23)C1=O. The van der Waals surface area contributed by atoms with Crippen molar-refractivity contribution < 1.29 is 14.4 Å². The molecule has 162 valence electrons. The van der Waals surface area contributed by atoms with Crippen molar-refractivity contribution in [2.45, 2.75) is 38.3 Å². The number of nitrogens with one attached hydrogen (secondary N) is 1. The summed E-state index contributed by atoms with van der Waals surface area (Å²) in [4.78, 5) is 42.5. The average Bonchev–Trinajstić information content (AvgIpc) is 3.02. The van der Waals surface area contributed by atoms with Crippen LogP contribution in [-0.4, -0.2) is 35.3 Å². The highest BCUT2D eigenvalue weighted by Crippen LogP contribution is 2.35. The van der Waals surface area contributed by atoms with Crippen LogP contribution in [0.3, 0.4) is 0 Å². The van der Waals surface area contributed by atoms with Crippen molar-refractivity contribution in [3.8, 4) is 0 Å². The largest absolute Gasteiger partial charge is 0.325 e. The lowest BCUT2D eigenvalue weighted by atomic mass is 9.88. The number of hydrogen-bond donors (Lipinski definition) is 1. The molecule has 0 aromatic heterocycles. The number of para-hydroxylation sites is 1. The Hall–Kier alpha value is -3.67. The topological polar surface area (TPSA) is 69.7 Å². The Balaban J connectivity index is 1.46. The minimum atomic E-state index is -1.23. The van der Waals surface area contributed by atoms with Gasteiger partial charge in [-0.15, -0.1) is 0 Å². The Morgan fingerprint density at radius 1 is 1.03 bits per heavy atom. The number of nitrogens with zero attached hydrogens (tertiary/aromatic N) is 2. The van der Waals surface area contributed by atoms with Crippen molar-refractivity contribution in [2.24, 2.45) is 0 Å². The number of benzene rings is 3. The first-order valence-corrected chi connectivity index (χ1v) is 10.9. The summed E-state index contributed by atoms with van der Waals surface area (Å²) in [6.07, 6.45) is 1.75. The van der Waals surface area contributed by atoms with E-state index in [1.54, 1.807) is 11.8 Å². The van der Waals surface area contributed by atoms with E-state index in [0.29, 0.717) is 0 Å². The maximum atomic E-state index is 13.5. The van der Waals surface area contributed by atoms with Crippen molar-refractivity contribution >= 4 is 34.3 Å². The molecule has 6 nitrogen and oxygen atoms in total. The van der Waals surface area contributed by atoms with E-state index in [1.165, 1.54) is 0 Å². The fourth-order valence-corrected chi connectivity index (χ4v) is 4.96. The van der Waals surface area contributed by atoms with Crippen LogP contribution in [0.15, 0.2) is 66.7 Å². The minimum absolute atomic E-state index is 0.00242. The monoisotopic (exact) mass is 427 g/mol. The number of carbonyl (C=O) groups is 3. The molecule has 6 heteroatoms. The lowest BCUT2D eigenvalue weighted by Gasteiger charge is -2.36. The smallest absolute Gasteiger partial charge is 0.319 e. The molecule has 5 rings (SSSR count). The highest BCUT2D eigenvalue weighted by atomic mass is 16.2. The second-order valence-electron chi connectivity index (χ2n) is 8.75. The van der Waals surface area contributed by atoms with Crippen LogP contribution in [0.5, 0.6) is 0 Å². The number of carbonyl (C=O) groups excluding carboxylic acids is 3. The molecular weight excluding hydrogens is 402 g/mol. The Labute approximate surface area is 186 Å². The van der Waals surface area contributed by atoms with E-state index in [1.807, 2.05) is 73.7 Å². The van der Waals surface area contributed by atoms with Crippen molar-refractivity contribution in [1.29, 1.82) is 0 Å². The van der Waals surface area contributed by atoms with E-state index >= 15 is 0 Å². The molecule has 0 spiro atoms. The summed E-state index contributed by atoms with van der Waals surface area (Å²) in [6.45, 7) is 3.42. The molecule has 2 atom stereocenters. The molecule has 2 aliphatic rings. The van der Waals surface area contributed by atoms with Gasteiger partial charge in [0.2, 0.25) is 5.91 Å². The van der Waals surface area contributed by atoms with Gasteiger partial charge in [-0.05, 0) is 54.7 Å². The van der Waals surface area contributed by atoms with Gasteiger partial charge in [0.05, 0.1) is 0 Å². The Morgan fingerprint density at radius 3 is 2.59 bits per heavy atom. The summed E-state index contributed by atoms with van der Waals surface area (Å²) in [7, 11) is 0. The van der Waals surface area contributed by atoms with E-state index in [4.69, 9.17) is 0 Å². The Morgan fingerprint density at radius 2 is 1.75 bits per heavy atom. The van der Waals surface area contributed by atoms with Crippen LogP contribution in [0, 0.1) is 0 Å². The highest BCUT2D eigenvalue weighted by Gasteiger charge is 2.50. The van der Waals surface area contributed by atoms with Crippen LogP contribution in [-0.2, 0) is 21.5 Å². The Bertz CT molecular complexity index is 1250. The van der Waals surface area contributed by atoms with Gasteiger partial charge in [-0.25, -0.2) is 4.79 Å². The molecule has 32 heavy (non-hydrogen) atoms. The molecule has 2 unspecified atom stereocenters. The molecule has 3 aromatic carbocycles. The molecule has 2 aliphatic heterocycles. The predicted octanol–water partition coefficient (Wildman–Crippen LogP) is 3.97. The second kappa shape index (κ2) is 7.48. The molecule has 0 aliphatic carbocycles. The van der Waals surface area contributed by atoms with Crippen molar-refractivity contribution in [3.05, 3.63) is 77.9 Å².